The first-order chi connectivity index (χ1) is 9.25. The fourth-order valence-corrected chi connectivity index (χ4v) is 1.94. The van der Waals surface area contributed by atoms with Gasteiger partial charge in [-0.3, -0.25) is 9.59 Å². The van der Waals surface area contributed by atoms with Crippen LogP contribution in [0.2, 0.25) is 0 Å². The van der Waals surface area contributed by atoms with Crippen LogP contribution in [0.5, 0.6) is 0 Å². The summed E-state index contributed by atoms with van der Waals surface area (Å²) in [4.78, 5) is 29.1. The molecule has 7 heteroatoms. The zero-order chi connectivity index (χ0) is 13.5. The molecule has 1 aromatic heterocycles. The maximum Gasteiger partial charge on any atom is 0.242 e. The molecule has 2 N–H and O–H groups in total. The van der Waals surface area contributed by atoms with Crippen molar-refractivity contribution in [2.24, 2.45) is 0 Å². The highest BCUT2D eigenvalue weighted by Crippen LogP contribution is 1.94. The first kappa shape index (κ1) is 13.5. The van der Waals surface area contributed by atoms with Crippen LogP contribution < -0.4 is 10.6 Å². The van der Waals surface area contributed by atoms with E-state index in [9.17, 15) is 9.59 Å². The number of aromatic nitrogens is 2. The van der Waals surface area contributed by atoms with Crippen molar-refractivity contribution in [3.63, 3.8) is 0 Å². The van der Waals surface area contributed by atoms with Crippen LogP contribution in [0.15, 0.2) is 18.7 Å². The largest absolute Gasteiger partial charge is 0.347 e. The van der Waals surface area contributed by atoms with E-state index in [1.807, 2.05) is 4.57 Å². The van der Waals surface area contributed by atoms with Gasteiger partial charge in [0.05, 0.1) is 12.9 Å². The summed E-state index contributed by atoms with van der Waals surface area (Å²) in [5.74, 6) is -0.130. The third kappa shape index (κ3) is 4.36. The molecule has 7 nitrogen and oxygen atoms in total. The smallest absolute Gasteiger partial charge is 0.242 e. The zero-order valence-corrected chi connectivity index (χ0v) is 10.8. The Hall–Kier alpha value is -1.89. The average molecular weight is 265 g/mol. The highest BCUT2D eigenvalue weighted by molar-refractivity contribution is 5.84. The second-order valence-corrected chi connectivity index (χ2v) is 4.46. The number of imidazole rings is 1. The molecule has 1 aliphatic rings. The molecule has 0 aromatic carbocycles. The van der Waals surface area contributed by atoms with Gasteiger partial charge in [0.1, 0.15) is 0 Å². The first-order valence-corrected chi connectivity index (χ1v) is 6.46. The minimum atomic E-state index is -0.114. The highest BCUT2D eigenvalue weighted by Gasteiger charge is 2.16. The molecule has 0 aliphatic carbocycles. The lowest BCUT2D eigenvalue weighted by molar-refractivity contribution is -0.133. The Bertz CT molecular complexity index is 412. The van der Waals surface area contributed by atoms with Gasteiger partial charge >= 0.3 is 0 Å². The SMILES string of the molecule is O=C(CCn1ccnc1)NCC(=O)N1CCNCC1. The van der Waals surface area contributed by atoms with Crippen LogP contribution in [0.25, 0.3) is 0 Å². The summed E-state index contributed by atoms with van der Waals surface area (Å²) in [6.07, 6.45) is 5.50. The normalized spacial score (nSPS) is 15.3. The molecule has 2 amide bonds. The molecule has 104 valence electrons. The summed E-state index contributed by atoms with van der Waals surface area (Å²) in [6, 6.07) is 0. The molecule has 1 saturated heterocycles. The molecule has 1 aliphatic heterocycles. The van der Waals surface area contributed by atoms with Crippen molar-refractivity contribution in [2.75, 3.05) is 32.7 Å². The summed E-state index contributed by atoms with van der Waals surface area (Å²) in [6.45, 7) is 3.73. The number of rotatable bonds is 5. The fraction of sp³-hybridized carbons (Fsp3) is 0.583. The van der Waals surface area contributed by atoms with Gasteiger partial charge < -0.3 is 20.1 Å². The lowest BCUT2D eigenvalue weighted by atomic mass is 10.3. The number of carbonyl (C=O) groups is 2. The standard InChI is InChI=1S/C12H19N5O2/c18-11(1-5-16-6-2-14-10-16)15-9-12(19)17-7-3-13-4-8-17/h2,6,10,13H,1,3-5,7-9H2,(H,15,18). The monoisotopic (exact) mass is 265 g/mol. The number of nitrogens with one attached hydrogen (secondary N) is 2. The molecular formula is C12H19N5O2. The van der Waals surface area contributed by atoms with E-state index in [0.29, 0.717) is 26.1 Å². The van der Waals surface area contributed by atoms with Gasteiger partial charge in [0, 0.05) is 51.5 Å². The number of piperazine rings is 1. The van der Waals surface area contributed by atoms with Gasteiger partial charge in [0.15, 0.2) is 0 Å². The summed E-state index contributed by atoms with van der Waals surface area (Å²) >= 11 is 0. The Morgan fingerprint density at radius 1 is 1.32 bits per heavy atom. The van der Waals surface area contributed by atoms with Gasteiger partial charge in [0.25, 0.3) is 0 Å². The number of amides is 2. The molecular weight excluding hydrogens is 246 g/mol. The Balaban J connectivity index is 1.64. The molecule has 0 bridgehead atoms. The van der Waals surface area contributed by atoms with Gasteiger partial charge in [-0.2, -0.15) is 0 Å². The third-order valence-electron chi connectivity index (χ3n) is 3.06. The molecule has 0 saturated carbocycles. The van der Waals surface area contributed by atoms with Crippen molar-refractivity contribution < 1.29 is 9.59 Å². The molecule has 1 aromatic rings. The summed E-state index contributed by atoms with van der Waals surface area (Å²) in [5.41, 5.74) is 0. The van der Waals surface area contributed by atoms with Gasteiger partial charge in [-0.1, -0.05) is 0 Å². The maximum atomic E-state index is 11.8. The van der Waals surface area contributed by atoms with Crippen LogP contribution in [0.4, 0.5) is 0 Å². The lowest BCUT2D eigenvalue weighted by Gasteiger charge is -2.27. The predicted molar refractivity (Wildman–Crippen MR) is 69.3 cm³/mol. The third-order valence-corrected chi connectivity index (χ3v) is 3.06. The lowest BCUT2D eigenvalue weighted by Crippen LogP contribution is -2.49. The Kier molecular flexibility index (Phi) is 4.91. The van der Waals surface area contributed by atoms with Crippen molar-refractivity contribution in [2.45, 2.75) is 13.0 Å². The Morgan fingerprint density at radius 3 is 2.79 bits per heavy atom. The second-order valence-electron chi connectivity index (χ2n) is 4.46. The number of hydrogen-bond donors (Lipinski definition) is 2. The van der Waals surface area contributed by atoms with Gasteiger partial charge in [-0.15, -0.1) is 0 Å². The average Bonchev–Trinajstić information content (AvgIpc) is 2.96. The molecule has 0 unspecified atom stereocenters. The molecule has 2 heterocycles. The first-order valence-electron chi connectivity index (χ1n) is 6.46. The summed E-state index contributed by atoms with van der Waals surface area (Å²) in [7, 11) is 0. The van der Waals surface area contributed by atoms with Gasteiger partial charge in [0.2, 0.25) is 11.8 Å². The van der Waals surface area contributed by atoms with Crippen molar-refractivity contribution in [3.8, 4) is 0 Å². The van der Waals surface area contributed by atoms with E-state index >= 15 is 0 Å². The zero-order valence-electron chi connectivity index (χ0n) is 10.8. The van der Waals surface area contributed by atoms with Gasteiger partial charge in [-0.25, -0.2) is 4.98 Å². The molecule has 1 fully saturated rings. The Labute approximate surface area is 112 Å². The van der Waals surface area contributed by atoms with Crippen molar-refractivity contribution >= 4 is 11.8 Å². The molecule has 0 radical (unpaired) electrons. The van der Waals surface area contributed by atoms with E-state index in [-0.39, 0.29) is 18.4 Å². The predicted octanol–water partition coefficient (Wildman–Crippen LogP) is -1.18. The van der Waals surface area contributed by atoms with Crippen LogP contribution in [-0.2, 0) is 16.1 Å². The second kappa shape index (κ2) is 6.89. The summed E-state index contributed by atoms with van der Waals surface area (Å²) < 4.78 is 1.83. The quantitative estimate of drug-likeness (QED) is 0.702. The number of carbonyl (C=O) groups excluding carboxylic acids is 2. The van der Waals surface area contributed by atoms with E-state index in [2.05, 4.69) is 15.6 Å². The summed E-state index contributed by atoms with van der Waals surface area (Å²) in [5, 5.41) is 5.84. The Morgan fingerprint density at radius 2 is 2.11 bits per heavy atom. The van der Waals surface area contributed by atoms with E-state index in [0.717, 1.165) is 13.1 Å². The number of aryl methyl sites for hydroxylation is 1. The van der Waals surface area contributed by atoms with Crippen LogP contribution in [0, 0.1) is 0 Å². The van der Waals surface area contributed by atoms with E-state index < -0.39 is 0 Å². The van der Waals surface area contributed by atoms with E-state index in [4.69, 9.17) is 0 Å². The topological polar surface area (TPSA) is 79.3 Å². The number of hydrogen-bond acceptors (Lipinski definition) is 4. The highest BCUT2D eigenvalue weighted by atomic mass is 16.2. The maximum absolute atomic E-state index is 11.8. The number of nitrogens with zero attached hydrogens (tertiary/aromatic N) is 3. The molecule has 0 spiro atoms. The van der Waals surface area contributed by atoms with Crippen molar-refractivity contribution in [3.05, 3.63) is 18.7 Å². The van der Waals surface area contributed by atoms with Crippen LogP contribution >= 0.6 is 0 Å². The van der Waals surface area contributed by atoms with E-state index in [1.54, 1.807) is 23.6 Å². The van der Waals surface area contributed by atoms with Gasteiger partial charge in [-0.05, 0) is 0 Å². The van der Waals surface area contributed by atoms with Crippen molar-refractivity contribution in [1.29, 1.82) is 0 Å². The molecule has 19 heavy (non-hydrogen) atoms. The van der Waals surface area contributed by atoms with E-state index in [1.165, 1.54) is 0 Å². The van der Waals surface area contributed by atoms with Crippen LogP contribution in [0.3, 0.4) is 0 Å². The molecule has 2 rings (SSSR count). The van der Waals surface area contributed by atoms with Crippen LogP contribution in [-0.4, -0.2) is 59.0 Å². The fourth-order valence-electron chi connectivity index (χ4n) is 1.94. The minimum absolute atomic E-state index is 0.0162. The van der Waals surface area contributed by atoms with Crippen LogP contribution in [0.1, 0.15) is 6.42 Å². The minimum Gasteiger partial charge on any atom is -0.347 e. The molecule has 0 atom stereocenters. The van der Waals surface area contributed by atoms with Crippen molar-refractivity contribution in [1.82, 2.24) is 25.1 Å².